The number of esters is 1. The van der Waals surface area contributed by atoms with Crippen LogP contribution in [-0.4, -0.2) is 11.0 Å². The number of carbonyl (C=O) groups is 1. The maximum absolute atomic E-state index is 11.6. The molecule has 0 saturated carbocycles. The van der Waals surface area contributed by atoms with E-state index in [1.54, 1.807) is 12.4 Å². The van der Waals surface area contributed by atoms with Gasteiger partial charge in [-0.15, -0.1) is 0 Å². The van der Waals surface area contributed by atoms with Gasteiger partial charge in [0.05, 0.1) is 5.56 Å². The van der Waals surface area contributed by atoms with Crippen molar-refractivity contribution < 1.29 is 9.53 Å². The number of aromatic nitrogens is 1. The number of nitrogens with zero attached hydrogens (tertiary/aromatic N) is 1. The van der Waals surface area contributed by atoms with E-state index in [-0.39, 0.29) is 12.1 Å². The molecule has 1 aliphatic rings. The molecule has 0 aliphatic carbocycles. The summed E-state index contributed by atoms with van der Waals surface area (Å²) in [5, 5.41) is 0. The smallest absolute Gasteiger partial charge is 0.341 e. The zero-order chi connectivity index (χ0) is 11.8. The van der Waals surface area contributed by atoms with Crippen LogP contribution in [0.2, 0.25) is 0 Å². The number of halogens is 1. The van der Waals surface area contributed by atoms with Crippen molar-refractivity contribution in [2.24, 2.45) is 0 Å². The lowest BCUT2D eigenvalue weighted by atomic mass is 10.0. The lowest BCUT2D eigenvalue weighted by molar-refractivity contribution is 0.0455. The average Bonchev–Trinajstić information content (AvgIpc) is 2.69. The zero-order valence-corrected chi connectivity index (χ0v) is 10.3. The van der Waals surface area contributed by atoms with Crippen LogP contribution >= 0.6 is 15.9 Å². The highest BCUT2D eigenvalue weighted by atomic mass is 79.9. The van der Waals surface area contributed by atoms with Crippen LogP contribution in [0.3, 0.4) is 0 Å². The SMILES string of the molecule is O=C1O[C@H](c2ccc(Br)cc2)c2ccncc21. The third-order valence-corrected chi connectivity index (χ3v) is 3.28. The summed E-state index contributed by atoms with van der Waals surface area (Å²) in [4.78, 5) is 15.6. The maximum Gasteiger partial charge on any atom is 0.341 e. The second-order valence-corrected chi connectivity index (χ2v) is 4.72. The van der Waals surface area contributed by atoms with Crippen LogP contribution in [0.5, 0.6) is 0 Å². The summed E-state index contributed by atoms with van der Waals surface area (Å²) < 4.78 is 6.36. The molecule has 3 rings (SSSR count). The molecule has 2 aromatic rings. The second-order valence-electron chi connectivity index (χ2n) is 3.80. The Bertz CT molecular complexity index is 580. The van der Waals surface area contributed by atoms with E-state index in [4.69, 9.17) is 4.74 Å². The number of fused-ring (bicyclic) bond motifs is 1. The molecule has 0 bridgehead atoms. The summed E-state index contributed by atoms with van der Waals surface area (Å²) in [7, 11) is 0. The summed E-state index contributed by atoms with van der Waals surface area (Å²) in [5.41, 5.74) is 2.40. The van der Waals surface area contributed by atoms with Gasteiger partial charge in [0.2, 0.25) is 0 Å². The van der Waals surface area contributed by atoms with Crippen molar-refractivity contribution in [3.8, 4) is 0 Å². The van der Waals surface area contributed by atoms with Crippen molar-refractivity contribution in [2.45, 2.75) is 6.10 Å². The van der Waals surface area contributed by atoms with Gasteiger partial charge in [0, 0.05) is 22.4 Å². The van der Waals surface area contributed by atoms with E-state index in [1.807, 2.05) is 30.3 Å². The van der Waals surface area contributed by atoms with Gasteiger partial charge >= 0.3 is 5.97 Å². The summed E-state index contributed by atoms with van der Waals surface area (Å²) in [6.07, 6.45) is 2.91. The van der Waals surface area contributed by atoms with Gasteiger partial charge in [-0.1, -0.05) is 28.1 Å². The summed E-state index contributed by atoms with van der Waals surface area (Å²) in [6.45, 7) is 0. The molecule has 1 aromatic heterocycles. The van der Waals surface area contributed by atoms with Gasteiger partial charge in [-0.05, 0) is 23.8 Å². The molecule has 84 valence electrons. The number of cyclic esters (lactones) is 1. The van der Waals surface area contributed by atoms with Gasteiger partial charge in [-0.3, -0.25) is 4.98 Å². The predicted molar refractivity (Wildman–Crippen MR) is 65.6 cm³/mol. The Hall–Kier alpha value is -1.68. The molecular weight excluding hydrogens is 282 g/mol. The number of hydrogen-bond acceptors (Lipinski definition) is 3. The van der Waals surface area contributed by atoms with Gasteiger partial charge in [0.25, 0.3) is 0 Å². The number of pyridine rings is 1. The predicted octanol–water partition coefficient (Wildman–Crippen LogP) is 3.10. The maximum atomic E-state index is 11.6. The highest BCUT2D eigenvalue weighted by Crippen LogP contribution is 2.35. The molecule has 0 spiro atoms. The topological polar surface area (TPSA) is 39.2 Å². The largest absolute Gasteiger partial charge is 0.449 e. The Morgan fingerprint density at radius 2 is 1.94 bits per heavy atom. The Labute approximate surface area is 107 Å². The van der Waals surface area contributed by atoms with E-state index in [2.05, 4.69) is 20.9 Å². The Balaban J connectivity index is 2.07. The minimum atomic E-state index is -0.311. The van der Waals surface area contributed by atoms with Gasteiger partial charge in [0.15, 0.2) is 6.10 Å². The first kappa shape index (κ1) is 10.5. The third kappa shape index (κ3) is 1.74. The normalized spacial score (nSPS) is 17.7. The van der Waals surface area contributed by atoms with Crippen molar-refractivity contribution in [1.29, 1.82) is 0 Å². The Morgan fingerprint density at radius 3 is 2.71 bits per heavy atom. The van der Waals surface area contributed by atoms with Crippen LogP contribution < -0.4 is 0 Å². The molecule has 1 atom stereocenters. The molecule has 0 radical (unpaired) electrons. The van der Waals surface area contributed by atoms with Gasteiger partial charge in [-0.25, -0.2) is 4.79 Å². The van der Waals surface area contributed by atoms with E-state index in [0.29, 0.717) is 5.56 Å². The second kappa shape index (κ2) is 3.96. The van der Waals surface area contributed by atoms with Gasteiger partial charge < -0.3 is 4.74 Å². The van der Waals surface area contributed by atoms with Crippen LogP contribution in [0, 0.1) is 0 Å². The summed E-state index contributed by atoms with van der Waals surface area (Å²) in [6, 6.07) is 9.58. The van der Waals surface area contributed by atoms with Crippen LogP contribution in [0.1, 0.15) is 27.6 Å². The standard InChI is InChI=1S/C13H8BrNO2/c14-9-3-1-8(2-4-9)12-10-5-6-15-7-11(10)13(16)17-12/h1-7,12H/t12-/m1/s1. The van der Waals surface area contributed by atoms with Crippen LogP contribution in [0.4, 0.5) is 0 Å². The van der Waals surface area contributed by atoms with Crippen molar-refractivity contribution in [3.63, 3.8) is 0 Å². The van der Waals surface area contributed by atoms with Crippen molar-refractivity contribution in [2.75, 3.05) is 0 Å². The van der Waals surface area contributed by atoms with Gasteiger partial charge in [-0.2, -0.15) is 0 Å². The lowest BCUT2D eigenvalue weighted by Gasteiger charge is -2.10. The average molecular weight is 290 g/mol. The molecule has 17 heavy (non-hydrogen) atoms. The monoisotopic (exact) mass is 289 g/mol. The van der Waals surface area contributed by atoms with Gasteiger partial charge in [0.1, 0.15) is 0 Å². The van der Waals surface area contributed by atoms with Crippen molar-refractivity contribution >= 4 is 21.9 Å². The minimum absolute atomic E-state index is 0.305. The third-order valence-electron chi connectivity index (χ3n) is 2.75. The molecular formula is C13H8BrNO2. The van der Waals surface area contributed by atoms with E-state index in [0.717, 1.165) is 15.6 Å². The number of rotatable bonds is 1. The number of hydrogen-bond donors (Lipinski definition) is 0. The molecule has 1 aromatic carbocycles. The zero-order valence-electron chi connectivity index (χ0n) is 8.76. The van der Waals surface area contributed by atoms with Crippen molar-refractivity contribution in [1.82, 2.24) is 4.98 Å². The van der Waals surface area contributed by atoms with Crippen LogP contribution in [0.15, 0.2) is 47.2 Å². The molecule has 4 heteroatoms. The first-order chi connectivity index (χ1) is 8.25. The van der Waals surface area contributed by atoms with E-state index in [9.17, 15) is 4.79 Å². The van der Waals surface area contributed by atoms with E-state index >= 15 is 0 Å². The van der Waals surface area contributed by atoms with E-state index < -0.39 is 0 Å². The summed E-state index contributed by atoms with van der Waals surface area (Å²) in [5.74, 6) is -0.305. The first-order valence-electron chi connectivity index (χ1n) is 5.16. The molecule has 2 heterocycles. The molecule has 1 aliphatic heterocycles. The fourth-order valence-corrected chi connectivity index (χ4v) is 2.19. The molecule has 0 fully saturated rings. The molecule has 3 nitrogen and oxygen atoms in total. The first-order valence-corrected chi connectivity index (χ1v) is 5.95. The highest BCUT2D eigenvalue weighted by molar-refractivity contribution is 9.10. The van der Waals surface area contributed by atoms with Crippen LogP contribution in [0.25, 0.3) is 0 Å². The molecule has 0 unspecified atom stereocenters. The minimum Gasteiger partial charge on any atom is -0.449 e. The quantitative estimate of drug-likeness (QED) is 0.758. The fourth-order valence-electron chi connectivity index (χ4n) is 1.92. The lowest BCUT2D eigenvalue weighted by Crippen LogP contribution is -2.00. The molecule has 0 N–H and O–H groups in total. The number of benzene rings is 1. The molecule has 0 saturated heterocycles. The molecule has 0 amide bonds. The van der Waals surface area contributed by atoms with E-state index in [1.165, 1.54) is 0 Å². The summed E-state index contributed by atoms with van der Waals surface area (Å²) >= 11 is 3.38. The Kier molecular flexibility index (Phi) is 2.44. The number of ether oxygens (including phenoxy) is 1. The van der Waals surface area contributed by atoms with Crippen molar-refractivity contribution in [3.05, 3.63) is 63.9 Å². The highest BCUT2D eigenvalue weighted by Gasteiger charge is 2.31. The Morgan fingerprint density at radius 1 is 1.18 bits per heavy atom. The van der Waals surface area contributed by atoms with Crippen LogP contribution in [-0.2, 0) is 4.74 Å². The fraction of sp³-hybridized carbons (Fsp3) is 0.0769. The number of carbonyl (C=O) groups excluding carboxylic acids is 1.